The summed E-state index contributed by atoms with van der Waals surface area (Å²) in [6.45, 7) is 11.5. The third kappa shape index (κ3) is 6.29. The number of hydrogen-bond donors (Lipinski definition) is 1. The van der Waals surface area contributed by atoms with Gasteiger partial charge in [0.15, 0.2) is 5.58 Å². The van der Waals surface area contributed by atoms with E-state index in [1.807, 2.05) is 39.0 Å². The predicted molar refractivity (Wildman–Crippen MR) is 141 cm³/mol. The Hall–Kier alpha value is -3.86. The van der Waals surface area contributed by atoms with Gasteiger partial charge in [-0.15, -0.1) is 0 Å². The lowest BCUT2D eigenvalue weighted by Gasteiger charge is -2.33. The topological polar surface area (TPSA) is 108 Å². The molecular weight excluding hydrogens is 468 g/mol. The molecule has 0 atom stereocenters. The molecule has 3 aromatic rings. The molecule has 8 heteroatoms. The van der Waals surface area contributed by atoms with Crippen molar-refractivity contribution in [2.24, 2.45) is 5.92 Å². The Kier molecular flexibility index (Phi) is 7.53. The zero-order valence-electron chi connectivity index (χ0n) is 22.1. The van der Waals surface area contributed by atoms with Crippen molar-refractivity contribution in [2.75, 3.05) is 19.6 Å². The smallest absolute Gasteiger partial charge is 0.410 e. The number of nitrogens with zero attached hydrogens (tertiary/aromatic N) is 3. The Morgan fingerprint density at radius 2 is 1.86 bits per heavy atom. The van der Waals surface area contributed by atoms with Gasteiger partial charge in [0.05, 0.1) is 11.6 Å². The minimum absolute atomic E-state index is 0.139. The number of fused-ring (bicyclic) bond motifs is 1. The van der Waals surface area contributed by atoms with E-state index in [9.17, 15) is 14.9 Å². The molecule has 194 valence electrons. The van der Waals surface area contributed by atoms with Gasteiger partial charge < -0.3 is 19.4 Å². The SMILES string of the molecule is CC(C)c1cc(C#N)cc2nc(-c3ccc(C(=O)NCC4CCN(C(=O)OC(C)(C)C)CC4)cc3)oc12. The molecule has 2 heterocycles. The van der Waals surface area contributed by atoms with Crippen molar-refractivity contribution in [2.45, 2.75) is 59.0 Å². The van der Waals surface area contributed by atoms with Crippen LogP contribution in [0.25, 0.3) is 22.6 Å². The number of nitrogens with one attached hydrogen (secondary N) is 1. The van der Waals surface area contributed by atoms with E-state index in [0.717, 1.165) is 24.0 Å². The van der Waals surface area contributed by atoms with Crippen LogP contribution in [0.2, 0.25) is 0 Å². The van der Waals surface area contributed by atoms with Gasteiger partial charge in [-0.2, -0.15) is 5.26 Å². The van der Waals surface area contributed by atoms with E-state index < -0.39 is 5.60 Å². The summed E-state index contributed by atoms with van der Waals surface area (Å²) in [4.78, 5) is 31.3. The van der Waals surface area contributed by atoms with Crippen molar-refractivity contribution in [1.82, 2.24) is 15.2 Å². The highest BCUT2D eigenvalue weighted by Crippen LogP contribution is 2.31. The lowest BCUT2D eigenvalue weighted by Crippen LogP contribution is -2.43. The highest BCUT2D eigenvalue weighted by atomic mass is 16.6. The first-order chi connectivity index (χ1) is 17.5. The van der Waals surface area contributed by atoms with Gasteiger partial charge in [0.2, 0.25) is 5.89 Å². The number of piperidine rings is 1. The van der Waals surface area contributed by atoms with Gasteiger partial charge in [0.1, 0.15) is 11.1 Å². The van der Waals surface area contributed by atoms with Crippen LogP contribution >= 0.6 is 0 Å². The van der Waals surface area contributed by atoms with Crippen LogP contribution in [0, 0.1) is 17.2 Å². The van der Waals surface area contributed by atoms with Gasteiger partial charge in [-0.1, -0.05) is 13.8 Å². The van der Waals surface area contributed by atoms with Crippen LogP contribution in [0.15, 0.2) is 40.8 Å². The van der Waals surface area contributed by atoms with E-state index in [-0.39, 0.29) is 17.9 Å². The maximum absolute atomic E-state index is 12.7. The van der Waals surface area contributed by atoms with Crippen molar-refractivity contribution in [3.05, 3.63) is 53.1 Å². The monoisotopic (exact) mass is 502 g/mol. The number of aromatic nitrogens is 1. The zero-order chi connectivity index (χ0) is 26.7. The van der Waals surface area contributed by atoms with Crippen LogP contribution in [-0.2, 0) is 4.74 Å². The molecule has 37 heavy (non-hydrogen) atoms. The van der Waals surface area contributed by atoms with Crippen molar-refractivity contribution in [1.29, 1.82) is 5.26 Å². The molecule has 1 aromatic heterocycles. The molecule has 4 rings (SSSR count). The standard InChI is InChI=1S/C29H34N4O4/c1-18(2)23-14-20(16-30)15-24-25(23)36-27(32-24)22-8-6-21(7-9-22)26(34)31-17-19-10-12-33(13-11-19)28(35)37-29(3,4)5/h6-9,14-15,18-19H,10-13,17H2,1-5H3,(H,31,34). The molecule has 1 aliphatic rings. The summed E-state index contributed by atoms with van der Waals surface area (Å²) < 4.78 is 11.5. The fraction of sp³-hybridized carbons (Fsp3) is 0.448. The number of benzene rings is 2. The summed E-state index contributed by atoms with van der Waals surface area (Å²) in [7, 11) is 0. The zero-order valence-corrected chi connectivity index (χ0v) is 22.1. The molecular formula is C29H34N4O4. The summed E-state index contributed by atoms with van der Waals surface area (Å²) in [5.74, 6) is 0.817. The van der Waals surface area contributed by atoms with Crippen molar-refractivity contribution in [3.63, 3.8) is 0 Å². The van der Waals surface area contributed by atoms with Crippen molar-refractivity contribution < 1.29 is 18.7 Å². The third-order valence-corrected chi connectivity index (χ3v) is 6.48. The minimum atomic E-state index is -0.504. The molecule has 0 aliphatic carbocycles. The highest BCUT2D eigenvalue weighted by molar-refractivity contribution is 5.94. The second kappa shape index (κ2) is 10.6. The average Bonchev–Trinajstić information content (AvgIpc) is 3.30. The van der Waals surface area contributed by atoms with Crippen LogP contribution in [-0.4, -0.2) is 47.1 Å². The summed E-state index contributed by atoms with van der Waals surface area (Å²) >= 11 is 0. The van der Waals surface area contributed by atoms with Gasteiger partial charge in [-0.25, -0.2) is 9.78 Å². The molecule has 1 N–H and O–H groups in total. The Morgan fingerprint density at radius 1 is 1.19 bits per heavy atom. The Bertz CT molecular complexity index is 1320. The molecule has 0 radical (unpaired) electrons. The molecule has 0 bridgehead atoms. The van der Waals surface area contributed by atoms with E-state index >= 15 is 0 Å². The van der Waals surface area contributed by atoms with Crippen LogP contribution in [0.4, 0.5) is 4.79 Å². The molecule has 0 spiro atoms. The molecule has 1 fully saturated rings. The van der Waals surface area contributed by atoms with Crippen molar-refractivity contribution in [3.8, 4) is 17.5 Å². The van der Waals surface area contributed by atoms with Crippen molar-refractivity contribution >= 4 is 23.1 Å². The van der Waals surface area contributed by atoms with Gasteiger partial charge in [-0.05, 0) is 81.8 Å². The van der Waals surface area contributed by atoms with Crippen LogP contribution in [0.1, 0.15) is 74.9 Å². The van der Waals surface area contributed by atoms with Gasteiger partial charge in [-0.3, -0.25) is 4.79 Å². The number of likely N-dealkylation sites (tertiary alicyclic amines) is 1. The van der Waals surface area contributed by atoms with Crippen LogP contribution in [0.5, 0.6) is 0 Å². The van der Waals surface area contributed by atoms with E-state index in [2.05, 4.69) is 30.2 Å². The maximum atomic E-state index is 12.7. The molecule has 0 unspecified atom stereocenters. The Morgan fingerprint density at radius 3 is 2.46 bits per heavy atom. The fourth-order valence-electron chi connectivity index (χ4n) is 4.42. The minimum Gasteiger partial charge on any atom is -0.444 e. The van der Waals surface area contributed by atoms with Gasteiger partial charge in [0, 0.05) is 36.3 Å². The lowest BCUT2D eigenvalue weighted by molar-refractivity contribution is 0.0183. The van der Waals surface area contributed by atoms with E-state index in [1.165, 1.54) is 0 Å². The number of nitriles is 1. The number of rotatable bonds is 5. The first-order valence-corrected chi connectivity index (χ1v) is 12.7. The second-order valence-corrected chi connectivity index (χ2v) is 10.9. The first-order valence-electron chi connectivity index (χ1n) is 12.7. The largest absolute Gasteiger partial charge is 0.444 e. The predicted octanol–water partition coefficient (Wildman–Crippen LogP) is 5.87. The second-order valence-electron chi connectivity index (χ2n) is 10.9. The fourth-order valence-corrected chi connectivity index (χ4v) is 4.42. The van der Waals surface area contributed by atoms with Gasteiger partial charge >= 0.3 is 6.09 Å². The number of amides is 2. The lowest BCUT2D eigenvalue weighted by atomic mass is 9.97. The Balaban J connectivity index is 1.35. The highest BCUT2D eigenvalue weighted by Gasteiger charge is 2.27. The molecule has 2 aromatic carbocycles. The summed E-state index contributed by atoms with van der Waals surface area (Å²) in [6, 6.07) is 12.9. The molecule has 1 aliphatic heterocycles. The normalized spacial score (nSPS) is 14.6. The average molecular weight is 503 g/mol. The van der Waals surface area contributed by atoms with Crippen LogP contribution < -0.4 is 5.32 Å². The maximum Gasteiger partial charge on any atom is 0.410 e. The van der Waals surface area contributed by atoms with Crippen LogP contribution in [0.3, 0.4) is 0 Å². The summed E-state index contributed by atoms with van der Waals surface area (Å²) in [6.07, 6.45) is 1.37. The number of hydrogen-bond acceptors (Lipinski definition) is 6. The molecule has 2 amide bonds. The van der Waals surface area contributed by atoms with E-state index in [1.54, 1.807) is 23.1 Å². The Labute approximate surface area is 217 Å². The third-order valence-electron chi connectivity index (χ3n) is 6.48. The molecule has 1 saturated heterocycles. The first kappa shape index (κ1) is 26.2. The summed E-state index contributed by atoms with van der Waals surface area (Å²) in [5, 5.41) is 12.4. The molecule has 8 nitrogen and oxygen atoms in total. The summed E-state index contributed by atoms with van der Waals surface area (Å²) in [5.41, 5.74) is 3.65. The number of carbonyl (C=O) groups is 2. The number of carbonyl (C=O) groups excluding carboxylic acids is 2. The quantitative estimate of drug-likeness (QED) is 0.468. The van der Waals surface area contributed by atoms with E-state index in [4.69, 9.17) is 9.15 Å². The van der Waals surface area contributed by atoms with E-state index in [0.29, 0.717) is 53.7 Å². The number of ether oxygens (including phenoxy) is 1. The molecule has 0 saturated carbocycles. The number of oxazole rings is 1. The van der Waals surface area contributed by atoms with Gasteiger partial charge in [0.25, 0.3) is 5.91 Å².